The predicted molar refractivity (Wildman–Crippen MR) is 136 cm³/mol. The average molecular weight is 482 g/mol. The molecule has 0 aromatic heterocycles. The molecule has 4 aliphatic carbocycles. The second kappa shape index (κ2) is 9.75. The van der Waals surface area contributed by atoms with Gasteiger partial charge < -0.3 is 14.6 Å². The van der Waals surface area contributed by atoms with Gasteiger partial charge in [-0.15, -0.1) is 5.92 Å². The molecule has 35 heavy (non-hydrogen) atoms. The van der Waals surface area contributed by atoms with E-state index in [0.29, 0.717) is 24.3 Å². The molecule has 0 amide bonds. The fraction of sp³-hybridized carbons (Fsp3) is 0.862. The SMILES string of the molecule is C[C@]12CCC3(CC1=CC[C@@H]1[C@@H]2CC[C@@]2(C)[C@H]1CC[C@@]2(O)C#CCCCCCCN=[N+]=[N-])OCCO3. The average Bonchev–Trinajstić information content (AvgIpc) is 3.41. The van der Waals surface area contributed by atoms with Crippen LogP contribution in [0.5, 0.6) is 0 Å². The van der Waals surface area contributed by atoms with Gasteiger partial charge in [-0.2, -0.15) is 0 Å². The zero-order chi connectivity index (χ0) is 24.6. The zero-order valence-electron chi connectivity index (χ0n) is 21.7. The van der Waals surface area contributed by atoms with Gasteiger partial charge in [0.25, 0.3) is 0 Å². The minimum absolute atomic E-state index is 0.105. The molecule has 0 radical (unpaired) electrons. The van der Waals surface area contributed by atoms with E-state index in [1.165, 1.54) is 6.42 Å². The first kappa shape index (κ1) is 25.2. The fourth-order valence-electron chi connectivity index (χ4n) is 8.57. The summed E-state index contributed by atoms with van der Waals surface area (Å²) in [5.41, 5.74) is 9.20. The lowest BCUT2D eigenvalue weighted by atomic mass is 9.47. The van der Waals surface area contributed by atoms with E-state index < -0.39 is 5.60 Å². The van der Waals surface area contributed by atoms with Crippen LogP contribution in [-0.2, 0) is 9.47 Å². The summed E-state index contributed by atoms with van der Waals surface area (Å²) in [7, 11) is 0. The summed E-state index contributed by atoms with van der Waals surface area (Å²) in [4.78, 5) is 2.80. The first-order valence-corrected chi connectivity index (χ1v) is 14.1. The third-order valence-corrected chi connectivity index (χ3v) is 10.7. The second-order valence-electron chi connectivity index (χ2n) is 12.3. The van der Waals surface area contributed by atoms with Gasteiger partial charge >= 0.3 is 0 Å². The van der Waals surface area contributed by atoms with E-state index in [1.807, 2.05) is 0 Å². The zero-order valence-corrected chi connectivity index (χ0v) is 21.7. The quantitative estimate of drug-likeness (QED) is 0.114. The van der Waals surface area contributed by atoms with Crippen molar-refractivity contribution in [1.29, 1.82) is 0 Å². The Bertz CT molecular complexity index is 941. The van der Waals surface area contributed by atoms with Crippen LogP contribution in [0.1, 0.15) is 97.3 Å². The second-order valence-corrected chi connectivity index (χ2v) is 12.3. The van der Waals surface area contributed by atoms with Crippen molar-refractivity contribution in [2.75, 3.05) is 19.8 Å². The first-order chi connectivity index (χ1) is 16.9. The molecule has 1 N–H and O–H groups in total. The Kier molecular flexibility index (Phi) is 7.01. The van der Waals surface area contributed by atoms with Crippen LogP contribution in [0.15, 0.2) is 16.8 Å². The maximum absolute atomic E-state index is 11.8. The number of aliphatic hydroxyl groups is 1. The molecule has 0 bridgehead atoms. The van der Waals surface area contributed by atoms with Gasteiger partial charge in [0, 0.05) is 36.1 Å². The monoisotopic (exact) mass is 481 g/mol. The van der Waals surface area contributed by atoms with E-state index >= 15 is 0 Å². The van der Waals surface area contributed by atoms with E-state index in [0.717, 1.165) is 90.3 Å². The van der Waals surface area contributed by atoms with Crippen molar-refractivity contribution in [2.45, 2.75) is 109 Å². The summed E-state index contributed by atoms with van der Waals surface area (Å²) < 4.78 is 12.2. The normalized spacial score (nSPS) is 41.1. The molecule has 192 valence electrons. The Hall–Kier alpha value is -1.51. The van der Waals surface area contributed by atoms with Crippen LogP contribution in [0.3, 0.4) is 0 Å². The number of ether oxygens (including phenoxy) is 2. The Morgan fingerprint density at radius 3 is 2.63 bits per heavy atom. The summed E-state index contributed by atoms with van der Waals surface area (Å²) in [6.45, 7) is 6.89. The van der Waals surface area contributed by atoms with Crippen molar-refractivity contribution < 1.29 is 14.6 Å². The third-order valence-electron chi connectivity index (χ3n) is 10.7. The van der Waals surface area contributed by atoms with Crippen LogP contribution in [0.2, 0.25) is 0 Å². The molecule has 0 aromatic carbocycles. The van der Waals surface area contributed by atoms with E-state index in [9.17, 15) is 5.11 Å². The highest BCUT2D eigenvalue weighted by molar-refractivity contribution is 5.30. The number of nitrogens with zero attached hydrogens (tertiary/aromatic N) is 3. The van der Waals surface area contributed by atoms with Crippen molar-refractivity contribution in [3.63, 3.8) is 0 Å². The number of azide groups is 1. The minimum Gasteiger partial charge on any atom is -0.377 e. The van der Waals surface area contributed by atoms with Crippen LogP contribution in [-0.4, -0.2) is 36.3 Å². The molecule has 1 spiro atoms. The van der Waals surface area contributed by atoms with Crippen LogP contribution in [0, 0.1) is 40.4 Å². The topological polar surface area (TPSA) is 87.5 Å². The molecular formula is C29H43N3O3. The Labute approximate surface area is 210 Å². The highest BCUT2D eigenvalue weighted by atomic mass is 16.7. The number of hydrogen-bond donors (Lipinski definition) is 1. The smallest absolute Gasteiger partial charge is 0.172 e. The first-order valence-electron chi connectivity index (χ1n) is 14.1. The molecule has 5 rings (SSSR count). The van der Waals surface area contributed by atoms with E-state index in [4.69, 9.17) is 15.0 Å². The molecular weight excluding hydrogens is 438 g/mol. The third kappa shape index (κ3) is 4.33. The molecule has 6 nitrogen and oxygen atoms in total. The molecule has 6 atom stereocenters. The highest BCUT2D eigenvalue weighted by Gasteiger charge is 2.64. The fourth-order valence-corrected chi connectivity index (χ4v) is 8.57. The van der Waals surface area contributed by atoms with Crippen molar-refractivity contribution in [3.05, 3.63) is 22.1 Å². The van der Waals surface area contributed by atoms with Crippen molar-refractivity contribution in [3.8, 4) is 11.8 Å². The Balaban J connectivity index is 1.23. The van der Waals surface area contributed by atoms with Gasteiger partial charge in [0.2, 0.25) is 0 Å². The van der Waals surface area contributed by atoms with E-state index in [2.05, 4.69) is 41.8 Å². The van der Waals surface area contributed by atoms with Crippen LogP contribution in [0.4, 0.5) is 0 Å². The summed E-state index contributed by atoms with van der Waals surface area (Å²) in [5, 5.41) is 15.4. The van der Waals surface area contributed by atoms with E-state index in [-0.39, 0.29) is 16.6 Å². The van der Waals surface area contributed by atoms with Crippen molar-refractivity contribution in [2.24, 2.45) is 33.7 Å². The van der Waals surface area contributed by atoms with Crippen LogP contribution >= 0.6 is 0 Å². The molecule has 0 aromatic rings. The number of allylic oxidation sites excluding steroid dienone is 1. The lowest BCUT2D eigenvalue weighted by Crippen LogP contribution is -2.55. The standard InChI is InChI=1S/C29H43N3O3/c1-26-16-17-29(34-19-20-35-29)21-22(26)9-10-23-24(26)11-14-27(2)25(23)12-15-28(27,33)13-7-5-3-4-6-8-18-31-32-30/h9,23-25,33H,3-6,8,10-12,14-21H2,1-2H3/t23-,24+,25+,26+,27+,28+/m1/s1. The summed E-state index contributed by atoms with van der Waals surface area (Å²) in [6, 6.07) is 0. The predicted octanol–water partition coefficient (Wildman–Crippen LogP) is 6.69. The number of hydrogen-bond acceptors (Lipinski definition) is 4. The van der Waals surface area contributed by atoms with Gasteiger partial charge in [0.15, 0.2) is 5.79 Å². The summed E-state index contributed by atoms with van der Waals surface area (Å²) >= 11 is 0. The van der Waals surface area contributed by atoms with Crippen LogP contribution < -0.4 is 0 Å². The largest absolute Gasteiger partial charge is 0.377 e. The molecule has 4 fully saturated rings. The maximum atomic E-state index is 11.8. The van der Waals surface area contributed by atoms with Gasteiger partial charge in [0.05, 0.1) is 13.2 Å². The number of fused-ring (bicyclic) bond motifs is 5. The minimum atomic E-state index is -0.850. The van der Waals surface area contributed by atoms with Crippen molar-refractivity contribution >= 4 is 0 Å². The molecule has 1 heterocycles. The Morgan fingerprint density at radius 2 is 1.83 bits per heavy atom. The van der Waals surface area contributed by atoms with Gasteiger partial charge in [-0.05, 0) is 80.1 Å². The molecule has 6 heteroatoms. The van der Waals surface area contributed by atoms with Gasteiger partial charge in [-0.3, -0.25) is 0 Å². The van der Waals surface area contributed by atoms with Gasteiger partial charge in [-0.25, -0.2) is 0 Å². The maximum Gasteiger partial charge on any atom is 0.172 e. The Morgan fingerprint density at radius 1 is 1.06 bits per heavy atom. The molecule has 0 unspecified atom stereocenters. The highest BCUT2D eigenvalue weighted by Crippen LogP contribution is 2.67. The lowest BCUT2D eigenvalue weighted by Gasteiger charge is -2.59. The van der Waals surface area contributed by atoms with Crippen molar-refractivity contribution in [1.82, 2.24) is 0 Å². The number of unbranched alkanes of at least 4 members (excludes halogenated alkanes) is 4. The number of rotatable bonds is 6. The van der Waals surface area contributed by atoms with Crippen LogP contribution in [0.25, 0.3) is 10.4 Å². The molecule has 1 aliphatic heterocycles. The van der Waals surface area contributed by atoms with E-state index in [1.54, 1.807) is 5.57 Å². The summed E-state index contributed by atoms with van der Waals surface area (Å²) in [5.74, 6) is 8.29. The molecule has 3 saturated carbocycles. The molecule has 5 aliphatic rings. The lowest BCUT2D eigenvalue weighted by molar-refractivity contribution is -0.186. The molecule has 1 saturated heterocycles. The summed E-state index contributed by atoms with van der Waals surface area (Å²) in [6.07, 6.45) is 15.9. The van der Waals surface area contributed by atoms with Gasteiger partial charge in [-0.1, -0.05) is 49.4 Å². The van der Waals surface area contributed by atoms with Gasteiger partial charge in [0.1, 0.15) is 5.60 Å².